The van der Waals surface area contributed by atoms with E-state index in [2.05, 4.69) is 34.2 Å². The first-order chi connectivity index (χ1) is 12.6. The maximum Gasteiger partial charge on any atom is 0.276 e. The Bertz CT molecular complexity index is 836. The Labute approximate surface area is 155 Å². The second-order valence-electron chi connectivity index (χ2n) is 6.36. The lowest BCUT2D eigenvalue weighted by Crippen LogP contribution is -2.22. The van der Waals surface area contributed by atoms with E-state index < -0.39 is 10.0 Å². The molecule has 5 nitrogen and oxygen atoms in total. The second-order valence-corrected chi connectivity index (χ2v) is 8.02. The summed E-state index contributed by atoms with van der Waals surface area (Å²) in [5, 5.41) is 4.17. The molecule has 0 unspecified atom stereocenters. The molecule has 0 amide bonds. The number of hydrazone groups is 1. The molecule has 2 aromatic carbocycles. The minimum atomic E-state index is -3.65. The summed E-state index contributed by atoms with van der Waals surface area (Å²) in [6.07, 6.45) is 3.61. The van der Waals surface area contributed by atoms with Gasteiger partial charge < -0.3 is 4.74 Å². The zero-order valence-electron chi connectivity index (χ0n) is 14.9. The van der Waals surface area contributed by atoms with Crippen molar-refractivity contribution in [1.82, 2.24) is 4.83 Å². The van der Waals surface area contributed by atoms with Gasteiger partial charge >= 0.3 is 0 Å². The minimum absolute atomic E-state index is 0.184. The van der Waals surface area contributed by atoms with Crippen molar-refractivity contribution in [3.05, 3.63) is 60.2 Å². The number of nitrogens with zero attached hydrogens (tertiary/aromatic N) is 1. The molecule has 1 fully saturated rings. The Hall–Kier alpha value is -2.34. The maximum absolute atomic E-state index is 12.4. The molecule has 0 atom stereocenters. The minimum Gasteiger partial charge on any atom is -0.494 e. The summed E-state index contributed by atoms with van der Waals surface area (Å²) in [5.74, 6) is 1.18. The van der Waals surface area contributed by atoms with E-state index in [1.807, 2.05) is 13.0 Å². The fourth-order valence-corrected chi connectivity index (χ4v) is 4.03. The van der Waals surface area contributed by atoms with Gasteiger partial charge in [0.15, 0.2) is 0 Å². The molecule has 2 aromatic rings. The molecule has 0 aliphatic heterocycles. The molecule has 3 rings (SSSR count). The second kappa shape index (κ2) is 8.36. The van der Waals surface area contributed by atoms with E-state index in [-0.39, 0.29) is 4.90 Å². The first kappa shape index (κ1) is 18.5. The molecular formula is C20H24N2O3S. The molecule has 1 N–H and O–H groups in total. The molecule has 1 aliphatic rings. The Balaban J connectivity index is 1.59. The summed E-state index contributed by atoms with van der Waals surface area (Å²) in [5.41, 5.74) is 2.26. The number of hydrogen-bond acceptors (Lipinski definition) is 4. The van der Waals surface area contributed by atoms with Gasteiger partial charge in [0.1, 0.15) is 5.75 Å². The van der Waals surface area contributed by atoms with E-state index >= 15 is 0 Å². The monoisotopic (exact) mass is 372 g/mol. The van der Waals surface area contributed by atoms with E-state index in [0.717, 1.165) is 31.4 Å². The Morgan fingerprint density at radius 1 is 1.04 bits per heavy atom. The van der Waals surface area contributed by atoms with E-state index in [9.17, 15) is 8.42 Å². The van der Waals surface area contributed by atoms with Crippen molar-refractivity contribution in [1.29, 1.82) is 0 Å². The van der Waals surface area contributed by atoms with Gasteiger partial charge in [0, 0.05) is 5.71 Å². The van der Waals surface area contributed by atoms with Crippen LogP contribution in [0.25, 0.3) is 0 Å². The third-order valence-electron chi connectivity index (χ3n) is 4.60. The van der Waals surface area contributed by atoms with Crippen molar-refractivity contribution in [3.8, 4) is 5.75 Å². The van der Waals surface area contributed by atoms with E-state index in [0.29, 0.717) is 18.3 Å². The third kappa shape index (κ3) is 4.64. The molecule has 0 saturated heterocycles. The van der Waals surface area contributed by atoms with Gasteiger partial charge in [-0.25, -0.2) is 4.83 Å². The van der Waals surface area contributed by atoms with Gasteiger partial charge in [-0.3, -0.25) is 0 Å². The third-order valence-corrected chi connectivity index (χ3v) is 5.83. The lowest BCUT2D eigenvalue weighted by Gasteiger charge is -2.23. The Kier molecular flexibility index (Phi) is 5.93. The van der Waals surface area contributed by atoms with Crippen LogP contribution in [-0.2, 0) is 10.0 Å². The molecular weight excluding hydrogens is 348 g/mol. The van der Waals surface area contributed by atoms with Crippen LogP contribution < -0.4 is 9.57 Å². The van der Waals surface area contributed by atoms with Crippen LogP contribution in [0.3, 0.4) is 0 Å². The first-order valence-corrected chi connectivity index (χ1v) is 10.4. The van der Waals surface area contributed by atoms with Crippen LogP contribution in [0, 0.1) is 0 Å². The van der Waals surface area contributed by atoms with E-state index in [1.165, 1.54) is 17.7 Å². The zero-order chi connectivity index (χ0) is 18.4. The van der Waals surface area contributed by atoms with Crippen LogP contribution in [0.5, 0.6) is 5.75 Å². The van der Waals surface area contributed by atoms with Crippen LogP contribution in [-0.4, -0.2) is 20.7 Å². The number of nitrogens with one attached hydrogen (secondary N) is 1. The zero-order valence-corrected chi connectivity index (χ0v) is 15.7. The fraction of sp³-hybridized carbons (Fsp3) is 0.350. The molecule has 26 heavy (non-hydrogen) atoms. The lowest BCUT2D eigenvalue weighted by atomic mass is 9.83. The lowest BCUT2D eigenvalue weighted by molar-refractivity contribution is 0.340. The van der Waals surface area contributed by atoms with Crippen molar-refractivity contribution < 1.29 is 13.2 Å². The predicted octanol–water partition coefficient (Wildman–Crippen LogP) is 4.08. The molecule has 138 valence electrons. The van der Waals surface area contributed by atoms with Crippen molar-refractivity contribution >= 4 is 15.7 Å². The van der Waals surface area contributed by atoms with Crippen molar-refractivity contribution in [3.63, 3.8) is 0 Å². The largest absolute Gasteiger partial charge is 0.494 e. The normalized spacial score (nSPS) is 17.6. The van der Waals surface area contributed by atoms with Gasteiger partial charge in [-0.2, -0.15) is 13.5 Å². The molecule has 1 saturated carbocycles. The first-order valence-electron chi connectivity index (χ1n) is 8.93. The summed E-state index contributed by atoms with van der Waals surface area (Å²) in [7, 11) is -3.65. The summed E-state index contributed by atoms with van der Waals surface area (Å²) in [4.78, 5) is 2.55. The molecule has 0 aromatic heterocycles. The molecule has 0 radical (unpaired) electrons. The van der Waals surface area contributed by atoms with Crippen molar-refractivity contribution in [2.24, 2.45) is 5.10 Å². The maximum atomic E-state index is 12.4. The average Bonchev–Trinajstić information content (AvgIpc) is 2.68. The summed E-state index contributed by atoms with van der Waals surface area (Å²) < 4.78 is 30.1. The smallest absolute Gasteiger partial charge is 0.276 e. The van der Waals surface area contributed by atoms with Crippen LogP contribution in [0.1, 0.15) is 44.1 Å². The summed E-state index contributed by atoms with van der Waals surface area (Å²) in [6.45, 7) is 2.43. The fourth-order valence-electron chi connectivity index (χ4n) is 3.18. The van der Waals surface area contributed by atoms with E-state index in [1.54, 1.807) is 12.1 Å². The molecule has 0 spiro atoms. The highest BCUT2D eigenvalue weighted by Gasteiger charge is 2.20. The SMILES string of the molecule is CCOc1ccc(S(=O)(=O)NN=C2CCC(c3ccccc3)CC2)cc1. The van der Waals surface area contributed by atoms with Crippen molar-refractivity contribution in [2.75, 3.05) is 6.61 Å². The van der Waals surface area contributed by atoms with Gasteiger partial charge in [-0.15, -0.1) is 0 Å². The van der Waals surface area contributed by atoms with Gasteiger partial charge in [-0.05, 0) is 68.4 Å². The Morgan fingerprint density at radius 2 is 1.69 bits per heavy atom. The van der Waals surface area contributed by atoms with Crippen molar-refractivity contribution in [2.45, 2.75) is 43.4 Å². The van der Waals surface area contributed by atoms with Crippen LogP contribution in [0.15, 0.2) is 64.6 Å². The Morgan fingerprint density at radius 3 is 2.31 bits per heavy atom. The summed E-state index contributed by atoms with van der Waals surface area (Å²) in [6, 6.07) is 16.8. The molecule has 6 heteroatoms. The summed E-state index contributed by atoms with van der Waals surface area (Å²) >= 11 is 0. The van der Waals surface area contributed by atoms with Crippen LogP contribution >= 0.6 is 0 Å². The predicted molar refractivity (Wildman–Crippen MR) is 103 cm³/mol. The molecule has 0 bridgehead atoms. The number of ether oxygens (including phenoxy) is 1. The van der Waals surface area contributed by atoms with Crippen LogP contribution in [0.2, 0.25) is 0 Å². The van der Waals surface area contributed by atoms with Gasteiger partial charge in [-0.1, -0.05) is 30.3 Å². The highest BCUT2D eigenvalue weighted by Crippen LogP contribution is 2.31. The number of sulfonamides is 1. The van der Waals surface area contributed by atoms with Gasteiger partial charge in [0.2, 0.25) is 0 Å². The van der Waals surface area contributed by atoms with E-state index in [4.69, 9.17) is 4.74 Å². The topological polar surface area (TPSA) is 67.8 Å². The average molecular weight is 372 g/mol. The van der Waals surface area contributed by atoms with Crippen LogP contribution in [0.4, 0.5) is 0 Å². The molecule has 0 heterocycles. The highest BCUT2D eigenvalue weighted by atomic mass is 32.2. The van der Waals surface area contributed by atoms with Gasteiger partial charge in [0.05, 0.1) is 11.5 Å². The highest BCUT2D eigenvalue weighted by molar-refractivity contribution is 7.89. The molecule has 1 aliphatic carbocycles. The number of rotatable bonds is 6. The standard InChI is InChI=1S/C20H24N2O3S/c1-2-25-19-12-14-20(15-13-19)26(23,24)22-21-18-10-8-17(9-11-18)16-6-4-3-5-7-16/h3-7,12-15,17,22H,2,8-11H2,1H3. The quantitative estimate of drug-likeness (QED) is 0.777. The number of benzene rings is 2. The van der Waals surface area contributed by atoms with Gasteiger partial charge in [0.25, 0.3) is 10.0 Å². The number of hydrogen-bond donors (Lipinski definition) is 1.